The van der Waals surface area contributed by atoms with Gasteiger partial charge in [0.05, 0.1) is 12.3 Å². The number of rotatable bonds is 5. The highest BCUT2D eigenvalue weighted by Crippen LogP contribution is 2.40. The van der Waals surface area contributed by atoms with Crippen molar-refractivity contribution < 1.29 is 29.2 Å². The van der Waals surface area contributed by atoms with Gasteiger partial charge >= 0.3 is 6.16 Å². The molecule has 1 aliphatic heterocycles. The second-order valence-electron chi connectivity index (χ2n) is 7.68. The van der Waals surface area contributed by atoms with Gasteiger partial charge in [0, 0.05) is 0 Å². The minimum Gasteiger partial charge on any atom is -0.434 e. The molecule has 11 nitrogen and oxygen atoms in total. The smallest absolute Gasteiger partial charge is 0.434 e. The normalized spacial score (nSPS) is 29.2. The van der Waals surface area contributed by atoms with E-state index in [9.17, 15) is 20.3 Å². The molecule has 2 aromatic heterocycles. The average Bonchev–Trinajstić information content (AvgIpc) is 3.47. The van der Waals surface area contributed by atoms with Gasteiger partial charge in [0.15, 0.2) is 5.82 Å². The second kappa shape index (κ2) is 8.06. The summed E-state index contributed by atoms with van der Waals surface area (Å²) in [4.78, 5) is 15.8. The minimum absolute atomic E-state index is 0.226. The molecule has 1 saturated carbocycles. The first kappa shape index (κ1) is 20.3. The van der Waals surface area contributed by atoms with Gasteiger partial charge in [-0.1, -0.05) is 12.8 Å². The van der Waals surface area contributed by atoms with E-state index in [1.54, 1.807) is 12.1 Å². The summed E-state index contributed by atoms with van der Waals surface area (Å²) >= 11 is 0. The lowest BCUT2D eigenvalue weighted by molar-refractivity contribution is -0.0863. The highest BCUT2D eigenvalue weighted by molar-refractivity contribution is 5.65. The van der Waals surface area contributed by atoms with E-state index in [1.165, 1.54) is 10.8 Å². The predicted molar refractivity (Wildman–Crippen MR) is 101 cm³/mol. The van der Waals surface area contributed by atoms with Crippen LogP contribution in [0.1, 0.15) is 37.5 Å². The van der Waals surface area contributed by atoms with Crippen molar-refractivity contribution in [2.75, 3.05) is 18.9 Å². The number of nitriles is 1. The maximum Gasteiger partial charge on any atom is 0.508 e. The fourth-order valence-electron chi connectivity index (χ4n) is 4.05. The van der Waals surface area contributed by atoms with Crippen LogP contribution in [0.4, 0.5) is 10.6 Å². The Balaban J connectivity index is 1.46. The van der Waals surface area contributed by atoms with Crippen LogP contribution in [0, 0.1) is 17.2 Å². The summed E-state index contributed by atoms with van der Waals surface area (Å²) in [6.45, 7) is -0.341. The van der Waals surface area contributed by atoms with Crippen molar-refractivity contribution in [3.63, 3.8) is 0 Å². The van der Waals surface area contributed by atoms with E-state index in [0.29, 0.717) is 17.1 Å². The Labute approximate surface area is 172 Å². The average molecular weight is 417 g/mol. The van der Waals surface area contributed by atoms with Crippen LogP contribution in [0.3, 0.4) is 0 Å². The van der Waals surface area contributed by atoms with Gasteiger partial charge in [-0.3, -0.25) is 0 Å². The van der Waals surface area contributed by atoms with Gasteiger partial charge in [0.25, 0.3) is 0 Å². The Morgan fingerprint density at radius 3 is 2.87 bits per heavy atom. The van der Waals surface area contributed by atoms with Gasteiger partial charge in [-0.2, -0.15) is 10.4 Å². The molecule has 0 aromatic carbocycles. The van der Waals surface area contributed by atoms with Crippen molar-refractivity contribution in [3.8, 4) is 6.07 Å². The maximum absolute atomic E-state index is 11.9. The van der Waals surface area contributed by atoms with Crippen LogP contribution in [0.25, 0.3) is 5.52 Å². The SMILES string of the molecule is N#C[C@]1(COC(=O)OCC2CCCC2)O[C@@H](c2ccc3c(N)ncnn23)[C@H](O)[C@@H]1O. The molecule has 2 fully saturated rings. The molecule has 0 bridgehead atoms. The van der Waals surface area contributed by atoms with Crippen LogP contribution >= 0.6 is 0 Å². The Morgan fingerprint density at radius 1 is 1.37 bits per heavy atom. The van der Waals surface area contributed by atoms with E-state index in [0.717, 1.165) is 25.7 Å². The molecule has 4 rings (SSSR count). The van der Waals surface area contributed by atoms with Crippen molar-refractivity contribution in [1.82, 2.24) is 14.6 Å². The minimum atomic E-state index is -1.96. The van der Waals surface area contributed by atoms with Crippen LogP contribution in [0.2, 0.25) is 0 Å². The van der Waals surface area contributed by atoms with E-state index in [4.69, 9.17) is 19.9 Å². The van der Waals surface area contributed by atoms with Crippen molar-refractivity contribution in [1.29, 1.82) is 5.26 Å². The number of fused-ring (bicyclic) bond motifs is 1. The molecule has 1 aliphatic carbocycles. The molecule has 160 valence electrons. The summed E-state index contributed by atoms with van der Waals surface area (Å²) in [5.41, 5.74) is 4.71. The monoisotopic (exact) mass is 417 g/mol. The third-order valence-electron chi connectivity index (χ3n) is 5.76. The predicted octanol–water partition coefficient (Wildman–Crippen LogP) is 0.710. The maximum atomic E-state index is 11.9. The molecule has 2 aromatic rings. The number of carbonyl (C=O) groups is 1. The van der Waals surface area contributed by atoms with E-state index in [-0.39, 0.29) is 12.4 Å². The van der Waals surface area contributed by atoms with Crippen molar-refractivity contribution in [2.45, 2.75) is 49.6 Å². The molecule has 0 amide bonds. The molecule has 3 heterocycles. The first-order valence-electron chi connectivity index (χ1n) is 9.78. The molecule has 30 heavy (non-hydrogen) atoms. The van der Waals surface area contributed by atoms with E-state index >= 15 is 0 Å². The van der Waals surface area contributed by atoms with Gasteiger partial charge < -0.3 is 30.2 Å². The number of anilines is 1. The van der Waals surface area contributed by atoms with Crippen molar-refractivity contribution >= 4 is 17.5 Å². The molecule has 11 heteroatoms. The number of ether oxygens (including phenoxy) is 3. The molecule has 0 unspecified atom stereocenters. The zero-order valence-corrected chi connectivity index (χ0v) is 16.2. The molecule has 4 N–H and O–H groups in total. The molecule has 2 aliphatic rings. The first-order chi connectivity index (χ1) is 14.4. The Kier molecular flexibility index (Phi) is 5.46. The summed E-state index contributed by atoms with van der Waals surface area (Å²) in [6.07, 6.45) is 0.348. The topological polar surface area (TPSA) is 165 Å². The third kappa shape index (κ3) is 3.54. The Morgan fingerprint density at radius 2 is 2.13 bits per heavy atom. The van der Waals surface area contributed by atoms with E-state index in [1.807, 2.05) is 6.07 Å². The van der Waals surface area contributed by atoms with Gasteiger partial charge in [-0.05, 0) is 30.9 Å². The van der Waals surface area contributed by atoms with Crippen LogP contribution in [0.15, 0.2) is 18.5 Å². The molecule has 0 spiro atoms. The first-order valence-corrected chi connectivity index (χ1v) is 9.78. The highest BCUT2D eigenvalue weighted by atomic mass is 16.7. The highest BCUT2D eigenvalue weighted by Gasteiger charge is 2.57. The molecular weight excluding hydrogens is 394 g/mol. The van der Waals surface area contributed by atoms with Crippen molar-refractivity contribution in [3.05, 3.63) is 24.2 Å². The lowest BCUT2D eigenvalue weighted by atomic mass is 9.96. The van der Waals surface area contributed by atoms with Crippen LogP contribution < -0.4 is 5.73 Å². The number of hydrogen-bond donors (Lipinski definition) is 3. The largest absolute Gasteiger partial charge is 0.508 e. The number of nitrogen functional groups attached to an aromatic ring is 1. The second-order valence-corrected chi connectivity index (χ2v) is 7.68. The number of nitrogens with two attached hydrogens (primary N) is 1. The number of carbonyl (C=O) groups excluding carboxylic acids is 1. The standard InChI is InChI=1S/C19H23N5O6/c20-8-19(9-29-18(27)28-7-11-3-1-2-4-11)16(26)14(25)15(30-19)12-5-6-13-17(21)22-10-23-24(12)13/h5-6,10-11,14-16,25-26H,1-4,7,9H2,(H2,21,22,23)/t14-,15-,16-,19+/m0/s1. The summed E-state index contributed by atoms with van der Waals surface area (Å²) in [6, 6.07) is 5.07. The van der Waals surface area contributed by atoms with Crippen LogP contribution in [-0.2, 0) is 14.2 Å². The van der Waals surface area contributed by atoms with Gasteiger partial charge in [-0.15, -0.1) is 0 Å². The third-order valence-corrected chi connectivity index (χ3v) is 5.76. The van der Waals surface area contributed by atoms with Crippen molar-refractivity contribution in [2.24, 2.45) is 5.92 Å². The number of nitrogens with zero attached hydrogens (tertiary/aromatic N) is 4. The summed E-state index contributed by atoms with van der Waals surface area (Å²) < 4.78 is 17.3. The number of aromatic nitrogens is 3. The number of aliphatic hydroxyl groups is 2. The molecule has 1 saturated heterocycles. The lowest BCUT2D eigenvalue weighted by Gasteiger charge is -2.23. The molecular formula is C19H23N5O6. The van der Waals surface area contributed by atoms with Gasteiger partial charge in [-0.25, -0.2) is 14.3 Å². The summed E-state index contributed by atoms with van der Waals surface area (Å²) in [5.74, 6) is 0.545. The zero-order valence-electron chi connectivity index (χ0n) is 16.2. The molecule has 4 atom stereocenters. The van der Waals surface area contributed by atoms with Crippen LogP contribution in [0.5, 0.6) is 0 Å². The Bertz CT molecular complexity index is 968. The summed E-state index contributed by atoms with van der Waals surface area (Å²) in [7, 11) is 0. The number of hydrogen-bond acceptors (Lipinski definition) is 10. The van der Waals surface area contributed by atoms with Gasteiger partial charge in [0.1, 0.15) is 42.8 Å². The fraction of sp³-hybridized carbons (Fsp3) is 0.579. The molecule has 0 radical (unpaired) electrons. The fourth-order valence-corrected chi connectivity index (χ4v) is 4.05. The quantitative estimate of drug-likeness (QED) is 0.590. The van der Waals surface area contributed by atoms with Gasteiger partial charge in [0.2, 0.25) is 5.60 Å². The Hall–Kier alpha value is -2.94. The number of aliphatic hydroxyl groups excluding tert-OH is 2. The van der Waals surface area contributed by atoms with E-state index in [2.05, 4.69) is 10.1 Å². The van der Waals surface area contributed by atoms with Crippen LogP contribution in [-0.4, -0.2) is 62.0 Å². The zero-order chi connectivity index (χ0) is 21.3. The summed E-state index contributed by atoms with van der Waals surface area (Å²) in [5, 5.41) is 34.8. The lowest BCUT2D eigenvalue weighted by Crippen LogP contribution is -2.46. The van der Waals surface area contributed by atoms with E-state index < -0.39 is 36.7 Å².